The molecule has 0 aromatic heterocycles. The molecule has 1 fully saturated rings. The Morgan fingerprint density at radius 1 is 1.47 bits per heavy atom. The molecule has 0 radical (unpaired) electrons. The number of nitrogens with two attached hydrogens (primary N) is 1. The van der Waals surface area contributed by atoms with Crippen LogP contribution in [0.5, 0.6) is 0 Å². The van der Waals surface area contributed by atoms with Crippen molar-refractivity contribution in [3.8, 4) is 0 Å². The summed E-state index contributed by atoms with van der Waals surface area (Å²) in [7, 11) is 0. The second-order valence-electron chi connectivity index (χ2n) is 6.17. The molecular formula is C13H26N2O2. The van der Waals surface area contributed by atoms with Crippen LogP contribution in [0.3, 0.4) is 0 Å². The number of carbonyl (C=O) groups is 1. The first-order chi connectivity index (χ1) is 7.70. The number of hydrogen-bond acceptors (Lipinski definition) is 3. The molecule has 1 amide bonds. The number of carbonyl (C=O) groups excluding carboxylic acids is 1. The van der Waals surface area contributed by atoms with Crippen LogP contribution >= 0.6 is 0 Å². The predicted octanol–water partition coefficient (Wildman–Crippen LogP) is 2.37. The second kappa shape index (κ2) is 5.25. The molecule has 0 saturated carbocycles. The Balaban J connectivity index is 2.55. The Bertz CT molecular complexity index is 271. The zero-order valence-electron chi connectivity index (χ0n) is 11.7. The van der Waals surface area contributed by atoms with Gasteiger partial charge in [-0.05, 0) is 53.4 Å². The molecule has 3 atom stereocenters. The second-order valence-corrected chi connectivity index (χ2v) is 6.17. The van der Waals surface area contributed by atoms with E-state index >= 15 is 0 Å². The fourth-order valence-electron chi connectivity index (χ4n) is 2.28. The van der Waals surface area contributed by atoms with Crippen LogP contribution in [0.15, 0.2) is 0 Å². The Morgan fingerprint density at radius 3 is 2.47 bits per heavy atom. The summed E-state index contributed by atoms with van der Waals surface area (Å²) in [4.78, 5) is 13.8. The van der Waals surface area contributed by atoms with Crippen LogP contribution in [0.1, 0.15) is 47.5 Å². The lowest BCUT2D eigenvalue weighted by molar-refractivity contribution is 0.00605. The Kier molecular flexibility index (Phi) is 4.42. The quantitative estimate of drug-likeness (QED) is 0.768. The van der Waals surface area contributed by atoms with Crippen molar-refractivity contribution in [2.24, 2.45) is 11.7 Å². The molecule has 4 nitrogen and oxygen atoms in total. The van der Waals surface area contributed by atoms with E-state index < -0.39 is 5.60 Å². The molecule has 1 rings (SSSR count). The summed E-state index contributed by atoms with van der Waals surface area (Å²) < 4.78 is 5.40. The van der Waals surface area contributed by atoms with E-state index in [1.165, 1.54) is 0 Å². The molecule has 1 heterocycles. The Labute approximate surface area is 104 Å². The topological polar surface area (TPSA) is 55.6 Å². The highest BCUT2D eigenvalue weighted by molar-refractivity contribution is 5.68. The average Bonchev–Trinajstić information content (AvgIpc) is 2.14. The Morgan fingerprint density at radius 2 is 2.06 bits per heavy atom. The first-order valence-corrected chi connectivity index (χ1v) is 6.46. The highest BCUT2D eigenvalue weighted by atomic mass is 16.6. The standard InChI is InChI=1S/C13H26N2O2/c1-9-8-11(10(2)14)6-7-15(9)12(16)17-13(3,4)5/h9-11H,6-8,14H2,1-5H3/t9?,10-,11?/m0/s1. The van der Waals surface area contributed by atoms with Crippen LogP contribution < -0.4 is 5.73 Å². The maximum absolute atomic E-state index is 12.0. The number of likely N-dealkylation sites (tertiary alicyclic amines) is 1. The van der Waals surface area contributed by atoms with Crippen LogP contribution in [-0.2, 0) is 4.74 Å². The van der Waals surface area contributed by atoms with Gasteiger partial charge in [-0.1, -0.05) is 0 Å². The number of amides is 1. The fraction of sp³-hybridized carbons (Fsp3) is 0.923. The maximum Gasteiger partial charge on any atom is 0.410 e. The number of ether oxygens (including phenoxy) is 1. The molecule has 0 aromatic carbocycles. The van der Waals surface area contributed by atoms with Gasteiger partial charge in [0, 0.05) is 18.6 Å². The molecule has 1 aliphatic heterocycles. The van der Waals surface area contributed by atoms with E-state index in [0.717, 1.165) is 19.4 Å². The summed E-state index contributed by atoms with van der Waals surface area (Å²) in [6, 6.07) is 0.424. The molecule has 0 aliphatic carbocycles. The van der Waals surface area contributed by atoms with Crippen LogP contribution in [-0.4, -0.2) is 35.2 Å². The smallest absolute Gasteiger partial charge is 0.410 e. The minimum atomic E-state index is -0.422. The largest absolute Gasteiger partial charge is 0.444 e. The minimum Gasteiger partial charge on any atom is -0.444 e. The molecule has 2 N–H and O–H groups in total. The third kappa shape index (κ3) is 4.19. The summed E-state index contributed by atoms with van der Waals surface area (Å²) in [6.45, 7) is 10.5. The third-order valence-corrected chi connectivity index (χ3v) is 3.29. The van der Waals surface area contributed by atoms with E-state index in [1.807, 2.05) is 32.6 Å². The summed E-state index contributed by atoms with van der Waals surface area (Å²) in [5.74, 6) is 0.517. The summed E-state index contributed by atoms with van der Waals surface area (Å²) in [5.41, 5.74) is 5.50. The van der Waals surface area contributed by atoms with Gasteiger partial charge < -0.3 is 15.4 Å². The molecule has 100 valence electrons. The van der Waals surface area contributed by atoms with E-state index in [1.54, 1.807) is 0 Å². The third-order valence-electron chi connectivity index (χ3n) is 3.29. The van der Waals surface area contributed by atoms with Gasteiger partial charge in [-0.15, -0.1) is 0 Å². The van der Waals surface area contributed by atoms with Gasteiger partial charge in [0.2, 0.25) is 0 Å². The van der Waals surface area contributed by atoms with E-state index in [0.29, 0.717) is 5.92 Å². The summed E-state index contributed by atoms with van der Waals surface area (Å²) in [6.07, 6.45) is 1.74. The van der Waals surface area contributed by atoms with Gasteiger partial charge in [0.1, 0.15) is 5.60 Å². The number of hydrogen-bond donors (Lipinski definition) is 1. The van der Waals surface area contributed by atoms with E-state index in [2.05, 4.69) is 6.92 Å². The van der Waals surface area contributed by atoms with Crippen molar-refractivity contribution < 1.29 is 9.53 Å². The molecular weight excluding hydrogens is 216 g/mol. The summed E-state index contributed by atoms with van der Waals surface area (Å²) in [5, 5.41) is 0. The van der Waals surface area contributed by atoms with E-state index in [-0.39, 0.29) is 18.2 Å². The maximum atomic E-state index is 12.0. The summed E-state index contributed by atoms with van der Waals surface area (Å²) >= 11 is 0. The molecule has 1 aliphatic rings. The van der Waals surface area contributed by atoms with Crippen molar-refractivity contribution in [3.05, 3.63) is 0 Å². The fourth-order valence-corrected chi connectivity index (χ4v) is 2.28. The van der Waals surface area contributed by atoms with E-state index in [9.17, 15) is 4.79 Å². The number of piperidine rings is 1. The molecule has 2 unspecified atom stereocenters. The molecule has 0 aromatic rings. The monoisotopic (exact) mass is 242 g/mol. The molecule has 4 heteroatoms. The Hall–Kier alpha value is -0.770. The SMILES string of the molecule is CC1CC([C@H](C)N)CCN1C(=O)OC(C)(C)C. The van der Waals surface area contributed by atoms with Gasteiger partial charge >= 0.3 is 6.09 Å². The molecule has 1 saturated heterocycles. The molecule has 0 bridgehead atoms. The predicted molar refractivity (Wildman–Crippen MR) is 68.8 cm³/mol. The van der Waals surface area contributed by atoms with Crippen LogP contribution in [0.2, 0.25) is 0 Å². The van der Waals surface area contributed by atoms with Crippen molar-refractivity contribution in [3.63, 3.8) is 0 Å². The lowest BCUT2D eigenvalue weighted by Gasteiger charge is -2.39. The van der Waals surface area contributed by atoms with Gasteiger partial charge in [-0.25, -0.2) is 4.79 Å². The average molecular weight is 242 g/mol. The van der Waals surface area contributed by atoms with Crippen LogP contribution in [0, 0.1) is 5.92 Å². The van der Waals surface area contributed by atoms with Gasteiger partial charge in [0.25, 0.3) is 0 Å². The van der Waals surface area contributed by atoms with Crippen molar-refractivity contribution in [2.45, 2.75) is 65.1 Å². The lowest BCUT2D eigenvalue weighted by Crippen LogP contribution is -2.49. The normalized spacial score (nSPS) is 27.8. The van der Waals surface area contributed by atoms with Gasteiger partial charge in [-0.2, -0.15) is 0 Å². The van der Waals surface area contributed by atoms with E-state index in [4.69, 9.17) is 10.5 Å². The highest BCUT2D eigenvalue weighted by Gasteiger charge is 2.32. The zero-order valence-corrected chi connectivity index (χ0v) is 11.7. The van der Waals surface area contributed by atoms with Gasteiger partial charge in [-0.3, -0.25) is 0 Å². The highest BCUT2D eigenvalue weighted by Crippen LogP contribution is 2.26. The van der Waals surface area contributed by atoms with Crippen molar-refractivity contribution in [1.82, 2.24) is 4.90 Å². The first-order valence-electron chi connectivity index (χ1n) is 6.46. The van der Waals surface area contributed by atoms with Crippen LogP contribution in [0.25, 0.3) is 0 Å². The van der Waals surface area contributed by atoms with Crippen molar-refractivity contribution in [1.29, 1.82) is 0 Å². The van der Waals surface area contributed by atoms with Crippen LogP contribution in [0.4, 0.5) is 4.79 Å². The van der Waals surface area contributed by atoms with Gasteiger partial charge in [0.05, 0.1) is 0 Å². The molecule has 17 heavy (non-hydrogen) atoms. The zero-order chi connectivity index (χ0) is 13.2. The molecule has 0 spiro atoms. The number of rotatable bonds is 1. The van der Waals surface area contributed by atoms with Crippen molar-refractivity contribution >= 4 is 6.09 Å². The number of nitrogens with zero attached hydrogens (tertiary/aromatic N) is 1. The van der Waals surface area contributed by atoms with Gasteiger partial charge in [0.15, 0.2) is 0 Å². The lowest BCUT2D eigenvalue weighted by atomic mass is 9.87. The minimum absolute atomic E-state index is 0.201. The first kappa shape index (κ1) is 14.3. The van der Waals surface area contributed by atoms with Crippen molar-refractivity contribution in [2.75, 3.05) is 6.54 Å².